The van der Waals surface area contributed by atoms with Crippen LogP contribution in [0.5, 0.6) is 5.75 Å². The Balaban J connectivity index is 1.76. The molecule has 0 amide bonds. The number of nitrogens with zero attached hydrogens (tertiary/aromatic N) is 1. The van der Waals surface area contributed by atoms with Crippen LogP contribution >= 0.6 is 0 Å². The monoisotopic (exact) mass is 321 g/mol. The van der Waals surface area contributed by atoms with E-state index in [2.05, 4.69) is 48.2 Å². The first kappa shape index (κ1) is 15.3. The molecule has 5 rings (SSSR count). The largest absolute Gasteiger partial charge is 0.497 e. The minimum Gasteiger partial charge on any atom is -0.497 e. The Kier molecular flexibility index (Phi) is 3.79. The molecule has 0 N–H and O–H groups in total. The number of carbonyl (C=O) groups is 1. The number of anilines is 1. The highest BCUT2D eigenvalue weighted by Gasteiger charge is 2.47. The second kappa shape index (κ2) is 5.97. The number of rotatable bonds is 3. The van der Waals surface area contributed by atoms with Gasteiger partial charge in [-0.1, -0.05) is 29.8 Å². The predicted octanol–water partition coefficient (Wildman–Crippen LogP) is 4.30. The van der Waals surface area contributed by atoms with Crippen molar-refractivity contribution in [3.05, 3.63) is 59.7 Å². The molecule has 1 saturated carbocycles. The molecule has 3 fully saturated rings. The molecule has 2 saturated heterocycles. The van der Waals surface area contributed by atoms with Crippen molar-refractivity contribution in [3.8, 4) is 5.75 Å². The van der Waals surface area contributed by atoms with Crippen molar-refractivity contribution < 1.29 is 9.53 Å². The van der Waals surface area contributed by atoms with Crippen LogP contribution < -0.4 is 9.64 Å². The number of aryl methyl sites for hydroxylation is 1. The van der Waals surface area contributed by atoms with E-state index >= 15 is 0 Å². The topological polar surface area (TPSA) is 29.5 Å². The van der Waals surface area contributed by atoms with Gasteiger partial charge < -0.3 is 9.64 Å². The first-order valence-electron chi connectivity index (χ1n) is 8.69. The van der Waals surface area contributed by atoms with Crippen molar-refractivity contribution in [2.24, 2.45) is 5.92 Å². The third-order valence-corrected chi connectivity index (χ3v) is 5.52. The quantitative estimate of drug-likeness (QED) is 0.844. The summed E-state index contributed by atoms with van der Waals surface area (Å²) in [5.41, 5.74) is 3.68. The zero-order valence-electron chi connectivity index (χ0n) is 14.2. The van der Waals surface area contributed by atoms with Gasteiger partial charge in [-0.15, -0.1) is 0 Å². The molecule has 1 aliphatic carbocycles. The van der Waals surface area contributed by atoms with Crippen LogP contribution in [0, 0.1) is 12.8 Å². The zero-order valence-corrected chi connectivity index (χ0v) is 14.2. The summed E-state index contributed by atoms with van der Waals surface area (Å²) in [6.07, 6.45) is 2.79. The highest BCUT2D eigenvalue weighted by atomic mass is 16.5. The van der Waals surface area contributed by atoms with Crippen LogP contribution in [-0.2, 0) is 4.79 Å². The Morgan fingerprint density at radius 1 is 1.00 bits per heavy atom. The average molecular weight is 321 g/mol. The Morgan fingerprint density at radius 2 is 1.71 bits per heavy atom. The Morgan fingerprint density at radius 3 is 2.33 bits per heavy atom. The Bertz CT molecular complexity index is 735. The third kappa shape index (κ3) is 2.48. The Hall–Kier alpha value is -2.29. The fourth-order valence-electron chi connectivity index (χ4n) is 4.29. The number of ketones is 1. The molecular weight excluding hydrogens is 298 g/mol. The van der Waals surface area contributed by atoms with Crippen molar-refractivity contribution in [2.75, 3.05) is 12.0 Å². The second-order valence-electron chi connectivity index (χ2n) is 6.97. The van der Waals surface area contributed by atoms with E-state index in [9.17, 15) is 4.79 Å². The fourth-order valence-corrected chi connectivity index (χ4v) is 4.29. The van der Waals surface area contributed by atoms with Gasteiger partial charge in [0.25, 0.3) is 0 Å². The molecule has 2 aromatic carbocycles. The van der Waals surface area contributed by atoms with E-state index in [0.717, 1.165) is 18.6 Å². The van der Waals surface area contributed by atoms with Gasteiger partial charge in [0.15, 0.2) is 0 Å². The summed E-state index contributed by atoms with van der Waals surface area (Å²) in [4.78, 5) is 15.0. The highest BCUT2D eigenvalue weighted by molar-refractivity contribution is 5.86. The summed E-state index contributed by atoms with van der Waals surface area (Å²) in [6, 6.07) is 17.4. The van der Waals surface area contributed by atoms with E-state index in [1.165, 1.54) is 16.8 Å². The molecule has 3 heteroatoms. The number of piperidine rings is 2. The molecule has 3 atom stereocenters. The van der Waals surface area contributed by atoms with Gasteiger partial charge in [0.2, 0.25) is 0 Å². The van der Waals surface area contributed by atoms with Crippen molar-refractivity contribution in [1.82, 2.24) is 0 Å². The summed E-state index contributed by atoms with van der Waals surface area (Å²) >= 11 is 0. The van der Waals surface area contributed by atoms with E-state index < -0.39 is 0 Å². The van der Waals surface area contributed by atoms with E-state index in [1.54, 1.807) is 7.11 Å². The van der Waals surface area contributed by atoms with Crippen LogP contribution in [0.4, 0.5) is 5.69 Å². The molecule has 124 valence electrons. The molecule has 0 unspecified atom stereocenters. The van der Waals surface area contributed by atoms with Gasteiger partial charge in [0.05, 0.1) is 13.2 Å². The lowest BCUT2D eigenvalue weighted by Crippen LogP contribution is -2.54. The lowest BCUT2D eigenvalue weighted by molar-refractivity contribution is -0.128. The van der Waals surface area contributed by atoms with Crippen LogP contribution in [0.15, 0.2) is 48.5 Å². The number of hydrogen-bond acceptors (Lipinski definition) is 3. The van der Waals surface area contributed by atoms with Crippen LogP contribution in [0.3, 0.4) is 0 Å². The summed E-state index contributed by atoms with van der Waals surface area (Å²) < 4.78 is 5.29. The molecule has 0 radical (unpaired) electrons. The van der Waals surface area contributed by atoms with Gasteiger partial charge in [-0.3, -0.25) is 4.79 Å². The van der Waals surface area contributed by atoms with Crippen molar-refractivity contribution in [3.63, 3.8) is 0 Å². The minimum absolute atomic E-state index is 0.111. The predicted molar refractivity (Wildman–Crippen MR) is 95.5 cm³/mol. The number of methoxy groups -OCH3 is 1. The summed E-state index contributed by atoms with van der Waals surface area (Å²) in [6.45, 7) is 2.10. The number of ether oxygens (including phenoxy) is 1. The van der Waals surface area contributed by atoms with Gasteiger partial charge in [-0.2, -0.15) is 0 Å². The molecule has 24 heavy (non-hydrogen) atoms. The second-order valence-corrected chi connectivity index (χ2v) is 6.97. The van der Waals surface area contributed by atoms with Crippen molar-refractivity contribution in [2.45, 2.75) is 38.3 Å². The molecule has 3 nitrogen and oxygen atoms in total. The zero-order chi connectivity index (χ0) is 16.7. The van der Waals surface area contributed by atoms with Gasteiger partial charge >= 0.3 is 0 Å². The van der Waals surface area contributed by atoms with Crippen molar-refractivity contribution in [1.29, 1.82) is 0 Å². The lowest BCUT2D eigenvalue weighted by atomic mass is 9.71. The molecule has 3 aliphatic rings. The summed E-state index contributed by atoms with van der Waals surface area (Å²) in [5.74, 6) is 1.41. The minimum atomic E-state index is 0.111. The first-order chi connectivity index (χ1) is 11.7. The number of Topliss-reactive ketones (excluding diaryl/α,β-unsaturated/α-hetero) is 1. The molecule has 0 spiro atoms. The van der Waals surface area contributed by atoms with Crippen LogP contribution in [0.25, 0.3) is 0 Å². The lowest BCUT2D eigenvalue weighted by Gasteiger charge is -2.52. The summed E-state index contributed by atoms with van der Waals surface area (Å²) in [7, 11) is 1.69. The molecule has 2 bridgehead atoms. The molecular formula is C21H23NO2. The molecule has 2 aromatic rings. The highest BCUT2D eigenvalue weighted by Crippen LogP contribution is 2.48. The molecule has 2 heterocycles. The van der Waals surface area contributed by atoms with Crippen molar-refractivity contribution >= 4 is 11.5 Å². The number of carbonyl (C=O) groups excluding carboxylic acids is 1. The van der Waals surface area contributed by atoms with E-state index in [0.29, 0.717) is 18.2 Å². The van der Waals surface area contributed by atoms with Gasteiger partial charge in [0, 0.05) is 24.1 Å². The van der Waals surface area contributed by atoms with Crippen LogP contribution in [0.2, 0.25) is 0 Å². The maximum atomic E-state index is 12.5. The van der Waals surface area contributed by atoms with E-state index in [-0.39, 0.29) is 12.0 Å². The SMILES string of the molecule is COc1ccc(N2[C@H]3CC[C@H](C(=O)C3)[C@H]2c2ccc(C)cc2)cc1. The van der Waals surface area contributed by atoms with Gasteiger partial charge in [0.1, 0.15) is 11.5 Å². The first-order valence-corrected chi connectivity index (χ1v) is 8.69. The fraction of sp³-hybridized carbons (Fsp3) is 0.381. The number of benzene rings is 2. The molecule has 2 aliphatic heterocycles. The standard InChI is InChI=1S/C21H23NO2/c1-14-3-5-15(6-4-14)21-19-12-9-17(13-20(19)23)22(21)16-7-10-18(24-2)11-8-16/h3-8,10-11,17,19,21H,9,12-13H2,1-2H3/t17-,19+,21+/m0/s1. The van der Waals surface area contributed by atoms with Crippen LogP contribution in [-0.4, -0.2) is 18.9 Å². The smallest absolute Gasteiger partial charge is 0.140 e. The average Bonchev–Trinajstić information content (AvgIpc) is 2.62. The van der Waals surface area contributed by atoms with E-state index in [1.807, 2.05) is 12.1 Å². The summed E-state index contributed by atoms with van der Waals surface area (Å²) in [5, 5.41) is 0. The maximum absolute atomic E-state index is 12.5. The van der Waals surface area contributed by atoms with Crippen LogP contribution in [0.1, 0.15) is 36.4 Å². The maximum Gasteiger partial charge on any atom is 0.140 e. The van der Waals surface area contributed by atoms with E-state index in [4.69, 9.17) is 4.74 Å². The third-order valence-electron chi connectivity index (χ3n) is 5.52. The molecule has 0 aromatic heterocycles. The number of fused-ring (bicyclic) bond motifs is 3. The van der Waals surface area contributed by atoms with Gasteiger partial charge in [-0.05, 0) is 49.6 Å². The Labute approximate surface area is 143 Å². The van der Waals surface area contributed by atoms with Gasteiger partial charge in [-0.25, -0.2) is 0 Å². The normalized spacial score (nSPS) is 25.8. The number of hydrogen-bond donors (Lipinski definition) is 0.